The van der Waals surface area contributed by atoms with Crippen LogP contribution in [0.1, 0.15) is 11.1 Å². The molecule has 8 nitrogen and oxygen atoms in total. The van der Waals surface area contributed by atoms with E-state index in [2.05, 4.69) is 10.7 Å². The molecule has 5 atom stereocenters. The molecule has 2 aromatic rings. The van der Waals surface area contributed by atoms with Gasteiger partial charge in [-0.25, -0.2) is 13.2 Å². The Balaban J connectivity index is 1.86. The minimum absolute atomic E-state index is 0.0815. The van der Waals surface area contributed by atoms with Gasteiger partial charge in [0.2, 0.25) is 0 Å². The van der Waals surface area contributed by atoms with E-state index in [9.17, 15) is 28.5 Å². The Morgan fingerprint density at radius 1 is 1.18 bits per heavy atom. The second kappa shape index (κ2) is 11.3. The van der Waals surface area contributed by atoms with Crippen molar-refractivity contribution in [3.63, 3.8) is 0 Å². The first-order valence-electron chi connectivity index (χ1n) is 9.76. The van der Waals surface area contributed by atoms with Crippen molar-refractivity contribution in [1.29, 1.82) is 5.26 Å². The van der Waals surface area contributed by atoms with Crippen LogP contribution in [0.2, 0.25) is 5.02 Å². The van der Waals surface area contributed by atoms with Gasteiger partial charge in [0.15, 0.2) is 17.5 Å². The quantitative estimate of drug-likeness (QED) is 0.183. The Hall–Kier alpha value is -2.50. The van der Waals surface area contributed by atoms with Crippen LogP contribution in [0.15, 0.2) is 41.4 Å². The third-order valence-electron chi connectivity index (χ3n) is 5.01. The lowest BCUT2D eigenvalue weighted by Gasteiger charge is -2.42. The zero-order chi connectivity index (χ0) is 25.0. The molecule has 0 saturated carbocycles. The summed E-state index contributed by atoms with van der Waals surface area (Å²) in [7, 11) is 0. The topological polar surface area (TPSA) is 144 Å². The third-order valence-corrected chi connectivity index (χ3v) is 6.36. The highest BCUT2D eigenvalue weighted by Crippen LogP contribution is 2.35. The molecule has 0 bridgehead atoms. The lowest BCUT2D eigenvalue weighted by atomic mass is 9.97. The standard InChI is InChI=1S/C21H20ClF3N4O4S/c22-11-1-9(6-26)2-12(5-11)34-21-20(32)18(19(31)16(8-30)33-21)28-7-15(29-27)10-3-13(23)17(25)14(24)4-10/h1-5,7,16,18-21,28-32H,8,27H2/b15-7-/t16?,18?,19-,20?,21+/m0/s1. The summed E-state index contributed by atoms with van der Waals surface area (Å²) in [5.41, 5.74) is 1.26. The Bertz CT molecular complexity index is 1100. The highest BCUT2D eigenvalue weighted by atomic mass is 35.5. The van der Waals surface area contributed by atoms with Crippen molar-refractivity contribution in [3.05, 3.63) is 70.1 Å². The van der Waals surface area contributed by atoms with Gasteiger partial charge < -0.3 is 30.8 Å². The second-order valence-electron chi connectivity index (χ2n) is 7.26. The van der Waals surface area contributed by atoms with E-state index in [4.69, 9.17) is 27.4 Å². The summed E-state index contributed by atoms with van der Waals surface area (Å²) in [4.78, 5) is 0.497. The lowest BCUT2D eigenvalue weighted by molar-refractivity contribution is -0.164. The minimum atomic E-state index is -1.64. The van der Waals surface area contributed by atoms with Gasteiger partial charge in [0.1, 0.15) is 23.7 Å². The number of aliphatic hydroxyl groups is 3. The van der Waals surface area contributed by atoms with Gasteiger partial charge >= 0.3 is 0 Å². The van der Waals surface area contributed by atoms with Crippen LogP contribution >= 0.6 is 23.4 Å². The molecule has 182 valence electrons. The van der Waals surface area contributed by atoms with Crippen LogP contribution in [0.25, 0.3) is 5.70 Å². The average molecular weight is 517 g/mol. The number of nitrogens with zero attached hydrogens (tertiary/aromatic N) is 1. The maximum atomic E-state index is 13.6. The van der Waals surface area contributed by atoms with E-state index in [0.717, 1.165) is 18.0 Å². The molecule has 1 heterocycles. The largest absolute Gasteiger partial charge is 0.394 e. The van der Waals surface area contributed by atoms with Gasteiger partial charge in [0.25, 0.3) is 0 Å². The zero-order valence-electron chi connectivity index (χ0n) is 17.3. The molecule has 0 radical (unpaired) electrons. The van der Waals surface area contributed by atoms with Gasteiger partial charge in [-0.05, 0) is 30.3 Å². The SMILES string of the molecule is N#Cc1cc(Cl)cc(S[C@H]2OC(CO)[C@H](O)C(N/C=C(\NN)c3cc(F)c(F)c(F)c3)C2O)c1. The summed E-state index contributed by atoms with van der Waals surface area (Å²) in [6, 6.07) is 6.80. The highest BCUT2D eigenvalue weighted by molar-refractivity contribution is 7.99. The van der Waals surface area contributed by atoms with Crippen molar-refractivity contribution in [2.24, 2.45) is 5.84 Å². The number of rotatable bonds is 7. The van der Waals surface area contributed by atoms with Crippen molar-refractivity contribution in [2.45, 2.75) is 34.7 Å². The number of ether oxygens (including phenoxy) is 1. The molecular formula is C21H20ClF3N4O4S. The molecule has 0 spiro atoms. The molecule has 1 fully saturated rings. The normalized spacial score (nSPS) is 25.0. The molecule has 3 unspecified atom stereocenters. The number of hydrogen-bond acceptors (Lipinski definition) is 9. The molecule has 2 aromatic carbocycles. The molecule has 0 amide bonds. The Labute approximate surface area is 201 Å². The number of halogens is 4. The Morgan fingerprint density at radius 2 is 1.85 bits per heavy atom. The maximum absolute atomic E-state index is 13.6. The van der Waals surface area contributed by atoms with Crippen molar-refractivity contribution >= 4 is 29.1 Å². The molecule has 7 N–H and O–H groups in total. The fraction of sp³-hybridized carbons (Fsp3) is 0.286. The van der Waals surface area contributed by atoms with Gasteiger partial charge in [-0.15, -0.1) is 0 Å². The molecule has 1 aliphatic rings. The van der Waals surface area contributed by atoms with Gasteiger partial charge in [-0.3, -0.25) is 5.84 Å². The van der Waals surface area contributed by atoms with Crippen molar-refractivity contribution in [2.75, 3.05) is 6.61 Å². The number of nitriles is 1. The van der Waals surface area contributed by atoms with Gasteiger partial charge in [0, 0.05) is 21.7 Å². The summed E-state index contributed by atoms with van der Waals surface area (Å²) in [5, 5.41) is 43.2. The van der Waals surface area contributed by atoms with Crippen LogP contribution in [0.5, 0.6) is 0 Å². The number of nitrogens with two attached hydrogens (primary N) is 1. The summed E-state index contributed by atoms with van der Waals surface area (Å²) in [6.07, 6.45) is -2.73. The third kappa shape index (κ3) is 5.76. The smallest absolute Gasteiger partial charge is 0.194 e. The molecule has 3 rings (SSSR count). The van der Waals surface area contributed by atoms with Crippen LogP contribution < -0.4 is 16.6 Å². The van der Waals surface area contributed by atoms with E-state index in [-0.39, 0.29) is 16.8 Å². The highest BCUT2D eigenvalue weighted by Gasteiger charge is 2.44. The molecular weight excluding hydrogens is 497 g/mol. The van der Waals surface area contributed by atoms with Crippen LogP contribution in [0.4, 0.5) is 13.2 Å². The molecule has 34 heavy (non-hydrogen) atoms. The van der Waals surface area contributed by atoms with E-state index in [1.165, 1.54) is 12.1 Å². The van der Waals surface area contributed by atoms with E-state index >= 15 is 0 Å². The Morgan fingerprint density at radius 3 is 2.44 bits per heavy atom. The van der Waals surface area contributed by atoms with E-state index in [1.54, 1.807) is 6.07 Å². The van der Waals surface area contributed by atoms with Gasteiger partial charge in [0.05, 0.1) is 30.0 Å². The number of aliphatic hydroxyl groups excluding tert-OH is 3. The van der Waals surface area contributed by atoms with Crippen LogP contribution in [0.3, 0.4) is 0 Å². The fourth-order valence-corrected chi connectivity index (χ4v) is 4.77. The zero-order valence-corrected chi connectivity index (χ0v) is 18.8. The summed E-state index contributed by atoms with van der Waals surface area (Å²) in [6.45, 7) is -0.581. The molecule has 0 aliphatic carbocycles. The fourth-order valence-electron chi connectivity index (χ4n) is 3.31. The van der Waals surface area contributed by atoms with Gasteiger partial charge in [-0.1, -0.05) is 23.4 Å². The number of benzene rings is 2. The summed E-state index contributed by atoms with van der Waals surface area (Å²) in [5.74, 6) is 0.913. The number of thioether (sulfide) groups is 1. The number of nitrogens with one attached hydrogen (secondary N) is 2. The Kier molecular flexibility index (Phi) is 8.67. The molecule has 0 aromatic heterocycles. The average Bonchev–Trinajstić information content (AvgIpc) is 2.80. The monoisotopic (exact) mass is 516 g/mol. The predicted octanol–water partition coefficient (Wildman–Crippen LogP) is 1.58. The molecule has 13 heteroatoms. The lowest BCUT2D eigenvalue weighted by Crippen LogP contribution is -2.62. The predicted molar refractivity (Wildman–Crippen MR) is 118 cm³/mol. The van der Waals surface area contributed by atoms with Crippen LogP contribution in [-0.4, -0.2) is 51.7 Å². The first-order chi connectivity index (χ1) is 16.2. The van der Waals surface area contributed by atoms with E-state index in [0.29, 0.717) is 22.1 Å². The maximum Gasteiger partial charge on any atom is 0.194 e. The van der Waals surface area contributed by atoms with Crippen LogP contribution in [0, 0.1) is 28.8 Å². The van der Waals surface area contributed by atoms with Crippen molar-refractivity contribution < 1.29 is 33.2 Å². The summed E-state index contributed by atoms with van der Waals surface area (Å²) < 4.78 is 46.1. The van der Waals surface area contributed by atoms with E-state index < -0.39 is 53.8 Å². The number of hydrogen-bond donors (Lipinski definition) is 6. The first-order valence-corrected chi connectivity index (χ1v) is 11.0. The van der Waals surface area contributed by atoms with Gasteiger partial charge in [-0.2, -0.15) is 5.26 Å². The van der Waals surface area contributed by atoms with E-state index in [1.807, 2.05) is 6.07 Å². The summed E-state index contributed by atoms with van der Waals surface area (Å²) >= 11 is 7.03. The molecule has 1 aliphatic heterocycles. The first kappa shape index (κ1) is 26.1. The van der Waals surface area contributed by atoms with Crippen molar-refractivity contribution in [1.82, 2.24) is 10.7 Å². The van der Waals surface area contributed by atoms with Crippen molar-refractivity contribution in [3.8, 4) is 6.07 Å². The van der Waals surface area contributed by atoms with Crippen LogP contribution in [-0.2, 0) is 4.74 Å². The minimum Gasteiger partial charge on any atom is -0.394 e. The molecule has 1 saturated heterocycles. The number of hydrazine groups is 1. The second-order valence-corrected chi connectivity index (χ2v) is 8.87.